The summed E-state index contributed by atoms with van der Waals surface area (Å²) < 4.78 is 83.7. The zero-order valence-electron chi connectivity index (χ0n) is 20.3. The van der Waals surface area contributed by atoms with Gasteiger partial charge in [0.2, 0.25) is 10.0 Å². The molecule has 0 saturated carbocycles. The number of fused-ring (bicyclic) bond motifs is 1. The van der Waals surface area contributed by atoms with Crippen molar-refractivity contribution in [2.45, 2.75) is 30.5 Å². The highest BCUT2D eigenvalue weighted by atomic mass is 32.2. The van der Waals surface area contributed by atoms with E-state index in [1.54, 1.807) is 31.2 Å². The maximum Gasteiger partial charge on any atom is 0.420 e. The molecule has 1 unspecified atom stereocenters. The molecule has 14 heteroatoms. The van der Waals surface area contributed by atoms with E-state index in [1.165, 1.54) is 17.8 Å². The number of aryl methyl sites for hydroxylation is 1. The van der Waals surface area contributed by atoms with E-state index in [0.29, 0.717) is 21.0 Å². The number of aliphatic hydroxyl groups is 1. The first-order chi connectivity index (χ1) is 17.9. The number of para-hydroxylation sites is 1. The summed E-state index contributed by atoms with van der Waals surface area (Å²) >= 11 is 0. The molecule has 2 N–H and O–H groups in total. The van der Waals surface area contributed by atoms with Crippen molar-refractivity contribution >= 4 is 26.9 Å². The molecule has 2 heterocycles. The minimum Gasteiger partial charge on any atom is -0.378 e. The molecule has 0 radical (unpaired) electrons. The number of benzene rings is 2. The molecule has 0 aliphatic carbocycles. The quantitative estimate of drug-likeness (QED) is 0.305. The fourth-order valence-electron chi connectivity index (χ4n) is 3.80. The van der Waals surface area contributed by atoms with Crippen molar-refractivity contribution in [2.75, 3.05) is 25.0 Å². The van der Waals surface area contributed by atoms with Crippen LogP contribution in [0.2, 0.25) is 0 Å². The highest BCUT2D eigenvalue weighted by Crippen LogP contribution is 2.34. The van der Waals surface area contributed by atoms with Gasteiger partial charge in [-0.1, -0.05) is 25.1 Å². The summed E-state index contributed by atoms with van der Waals surface area (Å²) in [5.41, 5.74) is -2.50. The van der Waals surface area contributed by atoms with Crippen molar-refractivity contribution in [2.24, 2.45) is 0 Å². The van der Waals surface area contributed by atoms with Crippen LogP contribution in [0.3, 0.4) is 0 Å². The van der Waals surface area contributed by atoms with Crippen molar-refractivity contribution in [1.29, 1.82) is 0 Å². The molecule has 2 aromatic carbocycles. The average molecular weight is 553 g/mol. The zero-order valence-corrected chi connectivity index (χ0v) is 21.1. The Kier molecular flexibility index (Phi) is 7.41. The summed E-state index contributed by atoms with van der Waals surface area (Å²) in [6, 6.07) is 12.6. The minimum absolute atomic E-state index is 0.0122. The molecular weight excluding hydrogens is 528 g/mol. The van der Waals surface area contributed by atoms with Crippen molar-refractivity contribution in [1.82, 2.24) is 24.1 Å². The molecule has 2 aromatic heterocycles. The van der Waals surface area contributed by atoms with Crippen molar-refractivity contribution < 1.29 is 31.1 Å². The third-order valence-electron chi connectivity index (χ3n) is 5.86. The van der Waals surface area contributed by atoms with Gasteiger partial charge in [-0.05, 0) is 43.3 Å². The first-order valence-corrected chi connectivity index (χ1v) is 12.9. The van der Waals surface area contributed by atoms with Gasteiger partial charge < -0.3 is 10.4 Å². The Morgan fingerprint density at radius 1 is 1.05 bits per heavy atom. The molecule has 0 spiro atoms. The molecule has 0 saturated heterocycles. The molecule has 0 aliphatic heterocycles. The highest BCUT2D eigenvalue weighted by molar-refractivity contribution is 7.89. The van der Waals surface area contributed by atoms with Gasteiger partial charge in [0.25, 0.3) is 0 Å². The smallest absolute Gasteiger partial charge is 0.378 e. The van der Waals surface area contributed by atoms with Gasteiger partial charge in [0.15, 0.2) is 11.2 Å². The number of rotatable bonds is 9. The lowest BCUT2D eigenvalue weighted by Crippen LogP contribution is -2.58. The molecule has 38 heavy (non-hydrogen) atoms. The first kappa shape index (κ1) is 27.4. The Labute approximate surface area is 215 Å². The monoisotopic (exact) mass is 552 g/mol. The largest absolute Gasteiger partial charge is 0.420 e. The second-order valence-electron chi connectivity index (χ2n) is 8.52. The van der Waals surface area contributed by atoms with E-state index in [0.717, 1.165) is 24.3 Å². The maximum absolute atomic E-state index is 14.2. The van der Waals surface area contributed by atoms with Gasteiger partial charge in [0, 0.05) is 6.54 Å². The van der Waals surface area contributed by atoms with Crippen molar-refractivity contribution in [3.05, 3.63) is 72.4 Å². The van der Waals surface area contributed by atoms with E-state index < -0.39 is 45.6 Å². The third-order valence-corrected chi connectivity index (χ3v) is 7.79. The highest BCUT2D eigenvalue weighted by Gasteiger charge is 2.55. The van der Waals surface area contributed by atoms with Gasteiger partial charge in [0.1, 0.15) is 17.5 Å². The minimum atomic E-state index is -5.22. The van der Waals surface area contributed by atoms with Crippen molar-refractivity contribution in [3.63, 3.8) is 0 Å². The maximum atomic E-state index is 14.2. The van der Waals surface area contributed by atoms with E-state index >= 15 is 0 Å². The van der Waals surface area contributed by atoms with Crippen LogP contribution in [0.1, 0.15) is 12.7 Å². The van der Waals surface area contributed by atoms with Crippen molar-refractivity contribution in [3.8, 4) is 5.69 Å². The molecule has 4 aromatic rings. The van der Waals surface area contributed by atoms with Crippen LogP contribution in [0, 0.1) is 12.7 Å². The van der Waals surface area contributed by atoms with Crippen LogP contribution >= 0.6 is 0 Å². The molecule has 0 bridgehead atoms. The number of sulfonamides is 1. The van der Waals surface area contributed by atoms with Crippen LogP contribution in [-0.4, -0.2) is 69.0 Å². The Hall–Kier alpha value is -3.62. The van der Waals surface area contributed by atoms with Crippen LogP contribution < -0.4 is 5.32 Å². The van der Waals surface area contributed by atoms with E-state index in [1.807, 2.05) is 6.07 Å². The average Bonchev–Trinajstić information content (AvgIpc) is 3.29. The Morgan fingerprint density at radius 3 is 2.32 bits per heavy atom. The van der Waals surface area contributed by atoms with Crippen LogP contribution in [0.15, 0.2) is 65.7 Å². The standard InChI is InChI=1S/C24H24F4N6O3S/c1-3-33(38(36,37)19-11-9-17(25)10-12-19)15-23(35,24(26,27)28)14-29-21-20-13-30-34(18-7-5-4-6-8-18)22(20)32-16(2)31-21/h4-13,35H,3,14-15H2,1-2H3,(H,29,31,32). The number of halogens is 4. The number of hydrogen-bond acceptors (Lipinski definition) is 7. The number of anilines is 1. The Bertz CT molecular complexity index is 1530. The van der Waals surface area contributed by atoms with Gasteiger partial charge in [-0.25, -0.2) is 27.5 Å². The van der Waals surface area contributed by atoms with E-state index in [-0.39, 0.29) is 18.2 Å². The molecule has 1 atom stereocenters. The summed E-state index contributed by atoms with van der Waals surface area (Å²) in [7, 11) is -4.47. The number of hydrogen-bond donors (Lipinski definition) is 2. The number of nitrogens with one attached hydrogen (secondary N) is 1. The summed E-state index contributed by atoms with van der Waals surface area (Å²) in [5.74, 6) is -0.478. The fraction of sp³-hybridized carbons (Fsp3) is 0.292. The summed E-state index contributed by atoms with van der Waals surface area (Å²) in [5, 5.41) is 17.9. The number of alkyl halides is 3. The SMILES string of the molecule is CCN(CC(O)(CNc1nc(C)nc2c1cnn2-c1ccccc1)C(F)(F)F)S(=O)(=O)c1ccc(F)cc1. The summed E-state index contributed by atoms with van der Waals surface area (Å²) in [6.45, 7) is 0.0839. The van der Waals surface area contributed by atoms with Gasteiger partial charge in [-0.3, -0.25) is 0 Å². The molecule has 202 valence electrons. The van der Waals surface area contributed by atoms with Crippen LogP contribution in [0.25, 0.3) is 16.7 Å². The predicted molar refractivity (Wildman–Crippen MR) is 132 cm³/mol. The third kappa shape index (κ3) is 5.33. The Morgan fingerprint density at radius 2 is 1.71 bits per heavy atom. The molecule has 0 amide bonds. The van der Waals surface area contributed by atoms with E-state index in [9.17, 15) is 31.1 Å². The van der Waals surface area contributed by atoms with Gasteiger partial charge in [-0.2, -0.15) is 22.6 Å². The molecule has 0 fully saturated rings. The normalized spacial score (nSPS) is 14.1. The zero-order chi connectivity index (χ0) is 27.7. The lowest BCUT2D eigenvalue weighted by atomic mass is 10.0. The van der Waals surface area contributed by atoms with E-state index in [2.05, 4.69) is 20.4 Å². The predicted octanol–water partition coefficient (Wildman–Crippen LogP) is 3.68. The van der Waals surface area contributed by atoms with Gasteiger partial charge in [-0.15, -0.1) is 0 Å². The summed E-state index contributed by atoms with van der Waals surface area (Å²) in [4.78, 5) is 8.12. The van der Waals surface area contributed by atoms with E-state index in [4.69, 9.17) is 0 Å². The molecular formula is C24H24F4N6O3S. The second kappa shape index (κ2) is 10.3. The van der Waals surface area contributed by atoms with Crippen LogP contribution in [0.4, 0.5) is 23.4 Å². The fourth-order valence-corrected chi connectivity index (χ4v) is 5.30. The lowest BCUT2D eigenvalue weighted by molar-refractivity contribution is -0.256. The van der Waals surface area contributed by atoms with Crippen LogP contribution in [-0.2, 0) is 10.0 Å². The second-order valence-corrected chi connectivity index (χ2v) is 10.5. The van der Waals surface area contributed by atoms with Gasteiger partial charge >= 0.3 is 6.18 Å². The number of nitrogens with zero attached hydrogens (tertiary/aromatic N) is 5. The lowest BCUT2D eigenvalue weighted by Gasteiger charge is -2.35. The Balaban J connectivity index is 1.65. The van der Waals surface area contributed by atoms with Crippen LogP contribution in [0.5, 0.6) is 0 Å². The number of aromatic nitrogens is 4. The molecule has 9 nitrogen and oxygen atoms in total. The summed E-state index contributed by atoms with van der Waals surface area (Å²) in [6.07, 6.45) is -3.84. The molecule has 0 aliphatic rings. The first-order valence-electron chi connectivity index (χ1n) is 11.4. The number of likely N-dealkylation sites (N-methyl/N-ethyl adjacent to an activating group) is 1. The van der Waals surface area contributed by atoms with Gasteiger partial charge in [0.05, 0.1) is 35.3 Å². The topological polar surface area (TPSA) is 113 Å². The molecule has 4 rings (SSSR count).